The summed E-state index contributed by atoms with van der Waals surface area (Å²) in [5.41, 5.74) is 1.06. The second-order valence-corrected chi connectivity index (χ2v) is 9.53. The molecule has 0 amide bonds. The Balaban J connectivity index is 2.04. The summed E-state index contributed by atoms with van der Waals surface area (Å²) in [5.74, 6) is -1.16. The van der Waals surface area contributed by atoms with E-state index in [4.69, 9.17) is 11.6 Å². The number of nitrogens with one attached hydrogen (secondary N) is 1. The molecule has 162 valence electrons. The number of hydrogen-bond acceptors (Lipinski definition) is 5. The van der Waals surface area contributed by atoms with Crippen LogP contribution in [0, 0.1) is 11.7 Å². The van der Waals surface area contributed by atoms with Gasteiger partial charge < -0.3 is 10.4 Å². The van der Waals surface area contributed by atoms with Gasteiger partial charge in [0.05, 0.1) is 18.2 Å². The van der Waals surface area contributed by atoms with E-state index in [0.29, 0.717) is 22.7 Å². The van der Waals surface area contributed by atoms with Gasteiger partial charge in [-0.2, -0.15) is 0 Å². The van der Waals surface area contributed by atoms with Crippen molar-refractivity contribution in [1.29, 1.82) is 0 Å². The van der Waals surface area contributed by atoms with Gasteiger partial charge in [0, 0.05) is 28.8 Å². The number of hydrogen-bond donors (Lipinski definition) is 2. The minimum Gasteiger partial charge on any atom is -0.394 e. The minimum atomic E-state index is -3.22. The highest BCUT2D eigenvalue weighted by atomic mass is 35.5. The van der Waals surface area contributed by atoms with Gasteiger partial charge in [-0.1, -0.05) is 42.8 Å². The van der Waals surface area contributed by atoms with Crippen molar-refractivity contribution in [3.8, 4) is 0 Å². The molecule has 0 spiro atoms. The average Bonchev–Trinajstić information content (AvgIpc) is 2.69. The van der Waals surface area contributed by atoms with E-state index in [9.17, 15) is 22.7 Å². The molecule has 0 heterocycles. The molecule has 2 rings (SSSR count). The van der Waals surface area contributed by atoms with Crippen molar-refractivity contribution < 1.29 is 22.7 Å². The van der Waals surface area contributed by atoms with Crippen LogP contribution in [-0.2, 0) is 9.84 Å². The minimum absolute atomic E-state index is 0.0295. The molecule has 0 aliphatic rings. The van der Waals surface area contributed by atoms with Crippen molar-refractivity contribution in [3.05, 3.63) is 75.9 Å². The predicted octanol–water partition coefficient (Wildman–Crippen LogP) is 4.78. The quantitative estimate of drug-likeness (QED) is 0.506. The number of benzene rings is 2. The maximum Gasteiger partial charge on any atom is 0.168 e. The van der Waals surface area contributed by atoms with Crippen molar-refractivity contribution in [2.24, 2.45) is 5.92 Å². The average molecular weight is 454 g/mol. The highest BCUT2D eigenvalue weighted by Gasteiger charge is 2.17. The lowest BCUT2D eigenvalue weighted by atomic mass is 9.99. The number of aliphatic hydroxyl groups excluding tert-OH is 1. The first kappa shape index (κ1) is 24.1. The third-order valence-electron chi connectivity index (χ3n) is 4.55. The molecule has 2 aromatic rings. The summed E-state index contributed by atoms with van der Waals surface area (Å²) in [4.78, 5) is 12.4. The Morgan fingerprint density at radius 3 is 2.57 bits per heavy atom. The highest BCUT2D eigenvalue weighted by Crippen LogP contribution is 2.27. The van der Waals surface area contributed by atoms with Gasteiger partial charge in [-0.3, -0.25) is 4.79 Å². The van der Waals surface area contributed by atoms with Crippen molar-refractivity contribution in [2.45, 2.75) is 25.8 Å². The zero-order valence-electron chi connectivity index (χ0n) is 16.8. The van der Waals surface area contributed by atoms with E-state index < -0.39 is 21.7 Å². The van der Waals surface area contributed by atoms with E-state index in [0.717, 1.165) is 11.7 Å². The van der Waals surface area contributed by atoms with Crippen molar-refractivity contribution in [3.63, 3.8) is 0 Å². The number of halogens is 2. The number of ketones is 1. The molecule has 0 saturated carbocycles. The number of carbonyl (C=O) groups is 1. The highest BCUT2D eigenvalue weighted by molar-refractivity contribution is 7.93. The Morgan fingerprint density at radius 1 is 1.27 bits per heavy atom. The van der Waals surface area contributed by atoms with Crippen molar-refractivity contribution >= 4 is 32.9 Å². The Bertz CT molecular complexity index is 1020. The van der Waals surface area contributed by atoms with E-state index in [1.54, 1.807) is 37.3 Å². The van der Waals surface area contributed by atoms with Gasteiger partial charge >= 0.3 is 0 Å². The lowest BCUT2D eigenvalue weighted by Gasteiger charge is -2.19. The molecule has 0 aliphatic heterocycles. The number of aliphatic hydroxyl groups is 1. The SMILES string of the molecule is C[C@H](/C=C/S(C)(=O)=O)CCC(=O)c1ccc(NC(CO)c2ccccc2Cl)cc1F. The number of allylic oxidation sites excluding steroid dienone is 1. The maximum atomic E-state index is 14.5. The molecular formula is C22H25ClFNO4S. The van der Waals surface area contributed by atoms with Gasteiger partial charge in [0.1, 0.15) is 5.82 Å². The Hall–Kier alpha value is -2.22. The topological polar surface area (TPSA) is 83.5 Å². The van der Waals surface area contributed by atoms with E-state index in [1.165, 1.54) is 18.2 Å². The lowest BCUT2D eigenvalue weighted by Crippen LogP contribution is -2.15. The van der Waals surface area contributed by atoms with Crippen LogP contribution in [0.25, 0.3) is 0 Å². The van der Waals surface area contributed by atoms with Gasteiger partial charge in [0.25, 0.3) is 0 Å². The summed E-state index contributed by atoms with van der Waals surface area (Å²) in [6.07, 6.45) is 3.12. The molecule has 2 atom stereocenters. The van der Waals surface area contributed by atoms with E-state index in [2.05, 4.69) is 5.32 Å². The van der Waals surface area contributed by atoms with Crippen LogP contribution in [-0.4, -0.2) is 32.2 Å². The van der Waals surface area contributed by atoms with Crippen LogP contribution in [0.5, 0.6) is 0 Å². The van der Waals surface area contributed by atoms with Gasteiger partial charge in [0.15, 0.2) is 15.6 Å². The molecule has 0 radical (unpaired) electrons. The molecule has 1 unspecified atom stereocenters. The summed E-state index contributed by atoms with van der Waals surface area (Å²) < 4.78 is 36.8. The zero-order valence-corrected chi connectivity index (χ0v) is 18.4. The Kier molecular flexibility index (Phi) is 8.58. The van der Waals surface area contributed by atoms with Crippen LogP contribution < -0.4 is 5.32 Å². The first-order valence-corrected chi connectivity index (χ1v) is 11.8. The molecule has 0 saturated heterocycles. The molecule has 0 bridgehead atoms. The van der Waals surface area contributed by atoms with Gasteiger partial charge in [0.2, 0.25) is 0 Å². The fraction of sp³-hybridized carbons (Fsp3) is 0.318. The van der Waals surface area contributed by atoms with Crippen LogP contribution in [0.4, 0.5) is 10.1 Å². The number of sulfone groups is 1. The smallest absolute Gasteiger partial charge is 0.168 e. The van der Waals surface area contributed by atoms with Gasteiger partial charge in [-0.25, -0.2) is 12.8 Å². The number of anilines is 1. The Morgan fingerprint density at radius 2 is 1.97 bits per heavy atom. The van der Waals surface area contributed by atoms with E-state index in [-0.39, 0.29) is 30.3 Å². The molecule has 0 fully saturated rings. The summed E-state index contributed by atoms with van der Waals surface area (Å²) in [7, 11) is -3.22. The van der Waals surface area contributed by atoms with Crippen molar-refractivity contribution in [1.82, 2.24) is 0 Å². The largest absolute Gasteiger partial charge is 0.394 e. The third kappa shape index (κ3) is 7.23. The van der Waals surface area contributed by atoms with Gasteiger partial charge in [-0.05, 0) is 42.2 Å². The first-order valence-electron chi connectivity index (χ1n) is 9.43. The first-order chi connectivity index (χ1) is 14.1. The maximum absolute atomic E-state index is 14.5. The zero-order chi connectivity index (χ0) is 22.3. The number of Topliss-reactive ketones (excluding diaryl/α,β-unsaturated/α-hetero) is 1. The fourth-order valence-corrected chi connectivity index (χ4v) is 3.70. The molecule has 8 heteroatoms. The molecule has 0 aliphatic carbocycles. The van der Waals surface area contributed by atoms with Gasteiger partial charge in [-0.15, -0.1) is 0 Å². The van der Waals surface area contributed by atoms with Crippen LogP contribution >= 0.6 is 11.6 Å². The van der Waals surface area contributed by atoms with Crippen LogP contribution in [0.2, 0.25) is 5.02 Å². The Labute approximate surface area is 181 Å². The molecule has 2 N–H and O–H groups in total. The molecule has 2 aromatic carbocycles. The number of rotatable bonds is 10. The monoisotopic (exact) mass is 453 g/mol. The fourth-order valence-electron chi connectivity index (χ4n) is 2.88. The molecule has 0 aromatic heterocycles. The second-order valence-electron chi connectivity index (χ2n) is 7.19. The number of carbonyl (C=O) groups excluding carboxylic acids is 1. The third-order valence-corrected chi connectivity index (χ3v) is 5.55. The predicted molar refractivity (Wildman–Crippen MR) is 118 cm³/mol. The van der Waals surface area contributed by atoms with Crippen LogP contribution in [0.15, 0.2) is 53.9 Å². The summed E-state index contributed by atoms with van der Waals surface area (Å²) >= 11 is 6.16. The molecular weight excluding hydrogens is 429 g/mol. The molecule has 5 nitrogen and oxygen atoms in total. The summed E-state index contributed by atoms with van der Waals surface area (Å²) in [5, 5.41) is 14.3. The normalized spacial score (nSPS) is 13.9. The second kappa shape index (κ2) is 10.7. The van der Waals surface area contributed by atoms with E-state index in [1.807, 2.05) is 0 Å². The van der Waals surface area contributed by atoms with Crippen LogP contribution in [0.3, 0.4) is 0 Å². The van der Waals surface area contributed by atoms with Crippen molar-refractivity contribution in [2.75, 3.05) is 18.2 Å². The lowest BCUT2D eigenvalue weighted by molar-refractivity contribution is 0.0973. The standard InChI is InChI=1S/C22H25ClFNO4S/c1-15(11-12-30(2,28)29)7-10-22(27)18-9-8-16(13-20(18)24)25-21(14-26)17-5-3-4-6-19(17)23/h3-6,8-9,11-13,15,21,25-26H,7,10,14H2,1-2H3/b12-11+/t15-,21?/m0/s1. The van der Waals surface area contributed by atoms with E-state index >= 15 is 0 Å². The molecule has 30 heavy (non-hydrogen) atoms. The summed E-state index contributed by atoms with van der Waals surface area (Å²) in [6, 6.07) is 10.7. The van der Waals surface area contributed by atoms with Crippen LogP contribution in [0.1, 0.15) is 41.7 Å². The summed E-state index contributed by atoms with van der Waals surface area (Å²) in [6.45, 7) is 1.55.